The third-order valence-electron chi connectivity index (χ3n) is 5.47. The van der Waals surface area contributed by atoms with Gasteiger partial charge in [-0.3, -0.25) is 4.79 Å². The SMILES string of the molecule is Cc1ccc(-c2cnnc(-n3nc(C)c4c3NC(=O)C[C@@H]4c3cc(F)cc(F)c3)n2)cc1. The molecule has 160 valence electrons. The first-order valence-corrected chi connectivity index (χ1v) is 10.0. The third kappa shape index (κ3) is 3.51. The average Bonchev–Trinajstić information content (AvgIpc) is 3.09. The summed E-state index contributed by atoms with van der Waals surface area (Å²) in [5.41, 5.74) is 4.21. The molecule has 9 heteroatoms. The minimum atomic E-state index is -0.698. The molecule has 1 atom stereocenters. The Hall–Kier alpha value is -4.01. The number of anilines is 1. The van der Waals surface area contributed by atoms with Crippen molar-refractivity contribution < 1.29 is 13.6 Å². The molecular formula is C23H18F2N6O. The van der Waals surface area contributed by atoms with E-state index < -0.39 is 17.6 Å². The molecule has 1 aliphatic rings. The predicted molar refractivity (Wildman–Crippen MR) is 113 cm³/mol. The van der Waals surface area contributed by atoms with E-state index in [2.05, 4.69) is 25.6 Å². The smallest absolute Gasteiger partial charge is 0.272 e. The standard InChI is InChI=1S/C23H18F2N6O/c1-12-3-5-14(6-4-12)19-11-26-29-23(27-19)31-22-21(13(2)30-31)18(10-20(32)28-22)15-7-16(24)9-17(25)8-15/h3-9,11,18H,10H2,1-2H3,(H,28,32)/t18-/m1/s1. The molecule has 1 amide bonds. The van der Waals surface area contributed by atoms with Crippen LogP contribution in [0.5, 0.6) is 0 Å². The van der Waals surface area contributed by atoms with Gasteiger partial charge in [-0.2, -0.15) is 14.9 Å². The molecule has 4 aromatic rings. The number of rotatable bonds is 3. The minimum Gasteiger partial charge on any atom is -0.310 e. The Morgan fingerprint density at radius 1 is 1.06 bits per heavy atom. The van der Waals surface area contributed by atoms with Gasteiger partial charge in [-0.1, -0.05) is 29.8 Å². The molecule has 0 fully saturated rings. The number of carbonyl (C=O) groups excluding carboxylic acids is 1. The zero-order valence-corrected chi connectivity index (χ0v) is 17.3. The van der Waals surface area contributed by atoms with Crippen molar-refractivity contribution in [2.24, 2.45) is 0 Å². The number of aryl methyl sites for hydroxylation is 2. The van der Waals surface area contributed by atoms with Crippen LogP contribution in [0.1, 0.15) is 34.7 Å². The van der Waals surface area contributed by atoms with Crippen molar-refractivity contribution >= 4 is 11.7 Å². The van der Waals surface area contributed by atoms with E-state index in [1.54, 1.807) is 13.1 Å². The van der Waals surface area contributed by atoms with Crippen LogP contribution >= 0.6 is 0 Å². The van der Waals surface area contributed by atoms with E-state index >= 15 is 0 Å². The summed E-state index contributed by atoms with van der Waals surface area (Å²) in [6.45, 7) is 3.77. The number of nitrogens with zero attached hydrogens (tertiary/aromatic N) is 5. The van der Waals surface area contributed by atoms with Crippen LogP contribution in [0.25, 0.3) is 17.2 Å². The molecule has 0 radical (unpaired) electrons. The van der Waals surface area contributed by atoms with E-state index in [1.165, 1.54) is 16.8 Å². The quantitative estimate of drug-likeness (QED) is 0.527. The first-order valence-electron chi connectivity index (χ1n) is 10.0. The highest BCUT2D eigenvalue weighted by Crippen LogP contribution is 2.40. The van der Waals surface area contributed by atoms with Gasteiger partial charge in [0.1, 0.15) is 17.5 Å². The Morgan fingerprint density at radius 3 is 2.50 bits per heavy atom. The van der Waals surface area contributed by atoms with E-state index in [1.807, 2.05) is 31.2 Å². The van der Waals surface area contributed by atoms with Gasteiger partial charge in [0, 0.05) is 29.5 Å². The summed E-state index contributed by atoms with van der Waals surface area (Å²) in [7, 11) is 0. The zero-order valence-electron chi connectivity index (χ0n) is 17.3. The van der Waals surface area contributed by atoms with Crippen molar-refractivity contribution in [3.63, 3.8) is 0 Å². The molecule has 0 saturated carbocycles. The summed E-state index contributed by atoms with van der Waals surface area (Å²) >= 11 is 0. The fraction of sp³-hybridized carbons (Fsp3) is 0.174. The average molecular weight is 432 g/mol. The van der Waals surface area contributed by atoms with Gasteiger partial charge in [0.2, 0.25) is 5.91 Å². The van der Waals surface area contributed by atoms with Gasteiger partial charge >= 0.3 is 0 Å². The van der Waals surface area contributed by atoms with Crippen molar-refractivity contribution in [3.05, 3.63) is 82.7 Å². The van der Waals surface area contributed by atoms with E-state index in [0.29, 0.717) is 28.3 Å². The second-order valence-corrected chi connectivity index (χ2v) is 7.77. The number of aromatic nitrogens is 5. The van der Waals surface area contributed by atoms with Gasteiger partial charge in [-0.25, -0.2) is 13.8 Å². The van der Waals surface area contributed by atoms with Gasteiger partial charge in [0.05, 0.1) is 17.6 Å². The molecule has 1 aliphatic heterocycles. The predicted octanol–water partition coefficient (Wildman–Crippen LogP) is 4.09. The summed E-state index contributed by atoms with van der Waals surface area (Å²) in [4.78, 5) is 17.1. The Morgan fingerprint density at radius 2 is 1.78 bits per heavy atom. The fourth-order valence-corrected chi connectivity index (χ4v) is 4.00. The summed E-state index contributed by atoms with van der Waals surface area (Å²) < 4.78 is 29.1. The van der Waals surface area contributed by atoms with E-state index in [4.69, 9.17) is 0 Å². The number of carbonyl (C=O) groups is 1. The minimum absolute atomic E-state index is 0.0466. The summed E-state index contributed by atoms with van der Waals surface area (Å²) in [5.74, 6) is -1.69. The lowest BCUT2D eigenvalue weighted by atomic mass is 9.85. The van der Waals surface area contributed by atoms with Crippen molar-refractivity contribution in [3.8, 4) is 17.2 Å². The first kappa shape index (κ1) is 19.9. The normalized spacial score (nSPS) is 15.4. The van der Waals surface area contributed by atoms with E-state index in [9.17, 15) is 13.6 Å². The van der Waals surface area contributed by atoms with Gasteiger partial charge in [0.15, 0.2) is 0 Å². The fourth-order valence-electron chi connectivity index (χ4n) is 4.00. The lowest BCUT2D eigenvalue weighted by Crippen LogP contribution is -2.25. The second kappa shape index (κ2) is 7.60. The molecule has 3 heterocycles. The van der Waals surface area contributed by atoms with Crippen molar-refractivity contribution in [2.75, 3.05) is 5.32 Å². The summed E-state index contributed by atoms with van der Waals surface area (Å²) in [6.07, 6.45) is 1.60. The maximum atomic E-state index is 13.9. The number of halogens is 2. The van der Waals surface area contributed by atoms with Crippen LogP contribution in [0, 0.1) is 25.5 Å². The Balaban J connectivity index is 1.62. The lowest BCUT2D eigenvalue weighted by molar-refractivity contribution is -0.116. The molecule has 2 aromatic carbocycles. The maximum absolute atomic E-state index is 13.9. The zero-order chi connectivity index (χ0) is 22.4. The number of fused-ring (bicyclic) bond motifs is 1. The van der Waals surface area contributed by atoms with Gasteiger partial charge < -0.3 is 5.32 Å². The molecule has 2 aromatic heterocycles. The molecule has 0 saturated heterocycles. The van der Waals surface area contributed by atoms with Crippen molar-refractivity contribution in [1.29, 1.82) is 0 Å². The highest BCUT2D eigenvalue weighted by atomic mass is 19.1. The van der Waals surface area contributed by atoms with Gasteiger partial charge in [-0.15, -0.1) is 5.10 Å². The van der Waals surface area contributed by atoms with Gasteiger partial charge in [0.25, 0.3) is 5.95 Å². The van der Waals surface area contributed by atoms with Crippen LogP contribution in [0.4, 0.5) is 14.6 Å². The third-order valence-corrected chi connectivity index (χ3v) is 5.47. The number of hydrogen-bond donors (Lipinski definition) is 1. The van der Waals surface area contributed by atoms with Crippen LogP contribution in [0.3, 0.4) is 0 Å². The second-order valence-electron chi connectivity index (χ2n) is 7.77. The Labute approximate surface area is 182 Å². The Bertz CT molecular complexity index is 1330. The monoisotopic (exact) mass is 432 g/mol. The van der Waals surface area contributed by atoms with Gasteiger partial charge in [-0.05, 0) is 31.5 Å². The summed E-state index contributed by atoms with van der Waals surface area (Å²) in [6, 6.07) is 11.1. The number of benzene rings is 2. The molecule has 7 nitrogen and oxygen atoms in total. The largest absolute Gasteiger partial charge is 0.310 e. The van der Waals surface area contributed by atoms with E-state index in [-0.39, 0.29) is 18.3 Å². The lowest BCUT2D eigenvalue weighted by Gasteiger charge is -2.24. The number of hydrogen-bond acceptors (Lipinski definition) is 5. The number of nitrogens with one attached hydrogen (secondary N) is 1. The van der Waals surface area contributed by atoms with Crippen LogP contribution < -0.4 is 5.32 Å². The summed E-state index contributed by atoms with van der Waals surface area (Å²) in [5, 5.41) is 15.5. The van der Waals surface area contributed by atoms with Crippen LogP contribution in [0.2, 0.25) is 0 Å². The molecule has 0 bridgehead atoms. The maximum Gasteiger partial charge on any atom is 0.272 e. The molecule has 1 N–H and O–H groups in total. The first-order chi connectivity index (χ1) is 15.4. The van der Waals surface area contributed by atoms with Crippen LogP contribution in [0.15, 0.2) is 48.7 Å². The van der Waals surface area contributed by atoms with Crippen molar-refractivity contribution in [2.45, 2.75) is 26.2 Å². The van der Waals surface area contributed by atoms with Crippen LogP contribution in [-0.4, -0.2) is 30.9 Å². The Kier molecular flexibility index (Phi) is 4.73. The molecule has 32 heavy (non-hydrogen) atoms. The molecule has 0 unspecified atom stereocenters. The molecule has 0 aliphatic carbocycles. The van der Waals surface area contributed by atoms with Crippen molar-refractivity contribution in [1.82, 2.24) is 25.0 Å². The van der Waals surface area contributed by atoms with E-state index in [0.717, 1.165) is 17.2 Å². The highest BCUT2D eigenvalue weighted by molar-refractivity contribution is 5.95. The van der Waals surface area contributed by atoms with Crippen LogP contribution in [-0.2, 0) is 4.79 Å². The topological polar surface area (TPSA) is 85.6 Å². The molecular weight excluding hydrogens is 414 g/mol. The highest BCUT2D eigenvalue weighted by Gasteiger charge is 2.33. The molecule has 0 spiro atoms. The number of amides is 1. The molecule has 5 rings (SSSR count).